The van der Waals surface area contributed by atoms with Gasteiger partial charge in [-0.1, -0.05) is 18.6 Å². The average molecular weight is 610 g/mol. The lowest BCUT2D eigenvalue weighted by Gasteiger charge is -2.24. The molecule has 240 valence electrons. The summed E-state index contributed by atoms with van der Waals surface area (Å²) in [7, 11) is 0. The molecule has 17 nitrogen and oxygen atoms in total. The van der Waals surface area contributed by atoms with Gasteiger partial charge in [0, 0.05) is 13.0 Å². The maximum Gasteiger partial charge on any atom is 0.326 e. The van der Waals surface area contributed by atoms with Gasteiger partial charge in [0.25, 0.3) is 0 Å². The summed E-state index contributed by atoms with van der Waals surface area (Å²) in [5, 5.41) is 38.2. The number of amides is 4. The molecule has 15 N–H and O–H groups in total. The Morgan fingerprint density at radius 1 is 0.837 bits per heavy atom. The minimum absolute atomic E-state index is 0.0254. The van der Waals surface area contributed by atoms with E-state index in [1.165, 1.54) is 24.3 Å². The lowest BCUT2D eigenvalue weighted by molar-refractivity contribution is -0.142. The van der Waals surface area contributed by atoms with Gasteiger partial charge in [0.2, 0.25) is 23.6 Å². The average Bonchev–Trinajstić information content (AvgIpc) is 2.96. The molecular weight excluding hydrogens is 566 g/mol. The number of carbonyl (C=O) groups excluding carboxylic acids is 4. The second-order valence-corrected chi connectivity index (χ2v) is 9.69. The number of hydrogen-bond acceptors (Lipinski definition) is 10. The highest BCUT2D eigenvalue weighted by Gasteiger charge is 2.29. The maximum atomic E-state index is 13.2. The van der Waals surface area contributed by atoms with Gasteiger partial charge in [-0.05, 0) is 49.9 Å². The molecule has 0 aliphatic heterocycles. The van der Waals surface area contributed by atoms with Crippen LogP contribution in [-0.2, 0) is 30.4 Å². The Labute approximate surface area is 248 Å². The smallest absolute Gasteiger partial charge is 0.326 e. The number of benzene rings is 1. The van der Waals surface area contributed by atoms with E-state index in [9.17, 15) is 39.3 Å². The van der Waals surface area contributed by atoms with Crippen LogP contribution in [0.2, 0.25) is 0 Å². The van der Waals surface area contributed by atoms with Crippen molar-refractivity contribution in [3.05, 3.63) is 29.8 Å². The fraction of sp³-hybridized carbons (Fsp3) is 0.538. The number of aliphatic carboxylic acids is 1. The summed E-state index contributed by atoms with van der Waals surface area (Å²) >= 11 is 0. The van der Waals surface area contributed by atoms with Crippen LogP contribution in [0.1, 0.15) is 37.7 Å². The molecule has 0 saturated carbocycles. The van der Waals surface area contributed by atoms with Crippen molar-refractivity contribution in [2.24, 2.45) is 27.9 Å². The van der Waals surface area contributed by atoms with Crippen molar-refractivity contribution in [2.45, 2.75) is 62.7 Å². The molecule has 1 aromatic rings. The Morgan fingerprint density at radius 2 is 1.47 bits per heavy atom. The van der Waals surface area contributed by atoms with Gasteiger partial charge in [0.15, 0.2) is 5.96 Å². The van der Waals surface area contributed by atoms with Crippen molar-refractivity contribution in [2.75, 3.05) is 26.2 Å². The van der Waals surface area contributed by atoms with Crippen LogP contribution < -0.4 is 44.2 Å². The second-order valence-electron chi connectivity index (χ2n) is 9.69. The fourth-order valence-corrected chi connectivity index (χ4v) is 3.76. The Hall–Kier alpha value is -4.48. The summed E-state index contributed by atoms with van der Waals surface area (Å²) < 4.78 is 0. The SMILES string of the molecule is NCCCC[C@H](N)C(=O)NCC(=O)N[C@@H](Cc1ccc(O)cc1)C(=O)N[C@@H](CO)C(=O)N[C@@H](CCCN=C(N)N)C(=O)O. The zero-order valence-electron chi connectivity index (χ0n) is 23.8. The summed E-state index contributed by atoms with van der Waals surface area (Å²) in [4.78, 5) is 66.1. The van der Waals surface area contributed by atoms with Crippen molar-refractivity contribution in [1.82, 2.24) is 21.3 Å². The first-order chi connectivity index (χ1) is 20.4. The Bertz CT molecular complexity index is 1100. The van der Waals surface area contributed by atoms with E-state index in [1.807, 2.05) is 0 Å². The van der Waals surface area contributed by atoms with Crippen molar-refractivity contribution in [3.63, 3.8) is 0 Å². The van der Waals surface area contributed by atoms with E-state index in [2.05, 4.69) is 26.3 Å². The topological polar surface area (TPSA) is 311 Å². The predicted molar refractivity (Wildman–Crippen MR) is 156 cm³/mol. The van der Waals surface area contributed by atoms with Gasteiger partial charge in [-0.2, -0.15) is 0 Å². The lowest BCUT2D eigenvalue weighted by atomic mass is 10.0. The van der Waals surface area contributed by atoms with Gasteiger partial charge >= 0.3 is 5.97 Å². The highest BCUT2D eigenvalue weighted by Crippen LogP contribution is 2.12. The summed E-state index contributed by atoms with van der Waals surface area (Å²) in [5.74, 6) is -4.69. The number of carbonyl (C=O) groups is 5. The molecule has 0 saturated heterocycles. The molecule has 4 amide bonds. The van der Waals surface area contributed by atoms with Gasteiger partial charge in [-0.15, -0.1) is 0 Å². The molecule has 0 bridgehead atoms. The van der Waals surface area contributed by atoms with Crippen molar-refractivity contribution in [3.8, 4) is 5.75 Å². The normalized spacial score (nSPS) is 13.5. The Morgan fingerprint density at radius 3 is 2.05 bits per heavy atom. The molecule has 0 unspecified atom stereocenters. The third kappa shape index (κ3) is 14.8. The molecule has 1 aromatic carbocycles. The number of aliphatic hydroxyl groups is 1. The van der Waals surface area contributed by atoms with Crippen LogP contribution in [0.3, 0.4) is 0 Å². The van der Waals surface area contributed by atoms with Gasteiger partial charge in [0.05, 0.1) is 19.2 Å². The van der Waals surface area contributed by atoms with Crippen molar-refractivity contribution >= 4 is 35.6 Å². The summed E-state index contributed by atoms with van der Waals surface area (Å²) in [5.41, 5.74) is 22.3. The third-order valence-electron chi connectivity index (χ3n) is 6.13. The molecule has 17 heteroatoms. The minimum atomic E-state index is -1.56. The molecule has 0 radical (unpaired) electrons. The number of aliphatic imine (C=N–C) groups is 1. The molecule has 0 aliphatic rings. The first kappa shape index (κ1) is 36.5. The molecule has 0 fully saturated rings. The van der Waals surface area contributed by atoms with E-state index in [1.54, 1.807) is 0 Å². The van der Waals surface area contributed by atoms with Gasteiger partial charge in [-0.25, -0.2) is 4.79 Å². The number of guanidine groups is 1. The zero-order valence-corrected chi connectivity index (χ0v) is 23.8. The Balaban J connectivity index is 2.91. The molecule has 4 atom stereocenters. The number of nitrogens with one attached hydrogen (secondary N) is 4. The van der Waals surface area contributed by atoms with Gasteiger partial charge < -0.3 is 59.5 Å². The second kappa shape index (κ2) is 19.6. The van der Waals surface area contributed by atoms with Crippen LogP contribution in [-0.4, -0.2) is 101 Å². The predicted octanol–water partition coefficient (Wildman–Crippen LogP) is -3.91. The van der Waals surface area contributed by atoms with Gasteiger partial charge in [0.1, 0.15) is 23.9 Å². The molecule has 43 heavy (non-hydrogen) atoms. The number of carboxylic acids is 1. The molecule has 1 rings (SSSR count). The Kier molecular flexibility index (Phi) is 16.7. The number of carboxylic acid groups (broad SMARTS) is 1. The van der Waals surface area contributed by atoms with Crippen LogP contribution >= 0.6 is 0 Å². The summed E-state index contributed by atoms with van der Waals surface area (Å²) in [6, 6.07) is 0.732. The number of unbranched alkanes of at least 4 members (excludes halogenated alkanes) is 1. The largest absolute Gasteiger partial charge is 0.508 e. The lowest BCUT2D eigenvalue weighted by Crippen LogP contribution is -2.58. The van der Waals surface area contributed by atoms with Crippen LogP contribution in [0.15, 0.2) is 29.3 Å². The quantitative estimate of drug-likeness (QED) is 0.0384. The molecular formula is C26H43N9O8. The standard InChI is InChI=1S/C26H43N9O8/c27-10-2-1-4-17(28)22(39)32-13-21(38)33-19(12-15-6-8-16(37)9-7-15)23(40)35-20(14-36)24(41)34-18(25(42)43)5-3-11-31-26(29)30/h6-9,17-20,36-37H,1-5,10-14,27-28H2,(H,32,39)(H,33,38)(H,34,41)(H,35,40)(H,42,43)(H4,29,30,31)/t17-,18-,19-,20-/m0/s1. The zero-order chi connectivity index (χ0) is 32.4. The number of aliphatic hydroxyl groups excluding tert-OH is 1. The van der Waals surface area contributed by atoms with Gasteiger partial charge in [-0.3, -0.25) is 24.2 Å². The highest BCUT2D eigenvalue weighted by molar-refractivity contribution is 5.94. The molecule has 0 aromatic heterocycles. The minimum Gasteiger partial charge on any atom is -0.508 e. The summed E-state index contributed by atoms with van der Waals surface area (Å²) in [6.07, 6.45) is 1.80. The number of phenolic OH excluding ortho intramolecular Hbond substituents is 1. The first-order valence-corrected chi connectivity index (χ1v) is 13.7. The van der Waals surface area contributed by atoms with Crippen molar-refractivity contribution < 1.29 is 39.3 Å². The number of hydrogen-bond donors (Lipinski definition) is 11. The maximum absolute atomic E-state index is 13.2. The number of phenols is 1. The van der Waals surface area contributed by atoms with E-state index < -0.39 is 66.9 Å². The number of nitrogens with zero attached hydrogens (tertiary/aromatic N) is 1. The molecule has 0 aliphatic carbocycles. The highest BCUT2D eigenvalue weighted by atomic mass is 16.4. The number of aromatic hydroxyl groups is 1. The fourth-order valence-electron chi connectivity index (χ4n) is 3.76. The van der Waals surface area contributed by atoms with Crippen LogP contribution in [0.4, 0.5) is 0 Å². The van der Waals surface area contributed by atoms with Crippen LogP contribution in [0.5, 0.6) is 5.75 Å². The third-order valence-corrected chi connectivity index (χ3v) is 6.13. The molecule has 0 heterocycles. The van der Waals surface area contributed by atoms with E-state index in [4.69, 9.17) is 22.9 Å². The monoisotopic (exact) mass is 609 g/mol. The number of rotatable bonds is 20. The number of nitrogens with two attached hydrogens (primary N) is 4. The van der Waals surface area contributed by atoms with E-state index in [-0.39, 0.29) is 37.5 Å². The van der Waals surface area contributed by atoms with Crippen LogP contribution in [0.25, 0.3) is 0 Å². The van der Waals surface area contributed by atoms with Crippen molar-refractivity contribution in [1.29, 1.82) is 0 Å². The molecule has 0 spiro atoms. The van der Waals surface area contributed by atoms with E-state index in [0.717, 1.165) is 0 Å². The van der Waals surface area contributed by atoms with E-state index in [0.29, 0.717) is 31.4 Å². The van der Waals surface area contributed by atoms with Crippen LogP contribution in [0, 0.1) is 0 Å². The summed E-state index contributed by atoms with van der Waals surface area (Å²) in [6.45, 7) is -0.787. The van der Waals surface area contributed by atoms with E-state index >= 15 is 0 Å². The first-order valence-electron chi connectivity index (χ1n) is 13.7.